The number of esters is 1. The summed E-state index contributed by atoms with van der Waals surface area (Å²) >= 11 is 1.24. The van der Waals surface area contributed by atoms with Gasteiger partial charge in [-0.25, -0.2) is 18.2 Å². The number of carbonyl (C=O) groups is 1. The lowest BCUT2D eigenvalue weighted by Crippen LogP contribution is -2.16. The lowest BCUT2D eigenvalue weighted by Gasteiger charge is -2.06. The van der Waals surface area contributed by atoms with E-state index < -0.39 is 32.0 Å². The summed E-state index contributed by atoms with van der Waals surface area (Å²) in [5, 5.41) is 4.84. The molecule has 0 unspecified atom stereocenters. The molecular weight excluding hydrogens is 416 g/mol. The zero-order chi connectivity index (χ0) is 20.5. The summed E-state index contributed by atoms with van der Waals surface area (Å²) in [7, 11) is -4.74. The summed E-state index contributed by atoms with van der Waals surface area (Å²) in [5.41, 5.74) is -0.216. The van der Waals surface area contributed by atoms with Crippen molar-refractivity contribution < 1.29 is 26.7 Å². The second-order valence-electron chi connectivity index (χ2n) is 5.54. The number of aromatic nitrogens is 3. The van der Waals surface area contributed by atoms with Crippen LogP contribution < -0.4 is 5.56 Å². The summed E-state index contributed by atoms with van der Waals surface area (Å²) < 4.78 is 54.0. The summed E-state index contributed by atoms with van der Waals surface area (Å²) in [6.45, 7) is 1.60. The van der Waals surface area contributed by atoms with Crippen molar-refractivity contribution in [2.75, 3.05) is 0 Å². The van der Waals surface area contributed by atoms with E-state index in [9.17, 15) is 26.8 Å². The van der Waals surface area contributed by atoms with E-state index in [1.165, 1.54) is 17.4 Å². The monoisotopic (exact) mass is 429 g/mol. The van der Waals surface area contributed by atoms with Gasteiger partial charge in [-0.15, -0.1) is 0 Å². The molecule has 0 amide bonds. The third-order valence-electron chi connectivity index (χ3n) is 3.65. The molecule has 148 valence electrons. The molecule has 8 nitrogen and oxygen atoms in total. The summed E-state index contributed by atoms with van der Waals surface area (Å²) in [5.74, 6) is -4.37. The van der Waals surface area contributed by atoms with E-state index in [0.717, 1.165) is 33.8 Å². The van der Waals surface area contributed by atoms with Crippen molar-refractivity contribution >= 4 is 32.1 Å². The first kappa shape index (κ1) is 20.0. The Morgan fingerprint density at radius 2 is 1.96 bits per heavy atom. The number of nitrogens with zero attached hydrogens (tertiary/aromatic N) is 3. The van der Waals surface area contributed by atoms with Crippen molar-refractivity contribution in [3.63, 3.8) is 0 Å². The van der Waals surface area contributed by atoms with Crippen LogP contribution in [0.4, 0.5) is 8.78 Å². The molecule has 0 saturated heterocycles. The number of alkyl halides is 2. The van der Waals surface area contributed by atoms with E-state index in [2.05, 4.69) is 10.1 Å². The molecule has 0 saturated carbocycles. The van der Waals surface area contributed by atoms with Gasteiger partial charge in [0.1, 0.15) is 11.6 Å². The number of benzene rings is 1. The van der Waals surface area contributed by atoms with Crippen LogP contribution in [-0.4, -0.2) is 34.7 Å². The Labute approximate surface area is 161 Å². The Balaban J connectivity index is 1.73. The molecule has 1 aromatic carbocycles. The van der Waals surface area contributed by atoms with Crippen LogP contribution in [0.2, 0.25) is 0 Å². The number of aryl methyl sites for hydroxylation is 1. The molecule has 0 fully saturated rings. The molecule has 0 radical (unpaired) electrons. The van der Waals surface area contributed by atoms with Crippen molar-refractivity contribution in [2.45, 2.75) is 30.6 Å². The lowest BCUT2D eigenvalue weighted by molar-refractivity contribution is 0.0467. The highest BCUT2D eigenvalue weighted by Crippen LogP contribution is 2.19. The van der Waals surface area contributed by atoms with Crippen molar-refractivity contribution in [1.82, 2.24) is 14.6 Å². The number of halogens is 2. The average molecular weight is 429 g/mol. The topological polar surface area (TPSA) is 108 Å². The molecule has 0 aliphatic rings. The van der Waals surface area contributed by atoms with Crippen molar-refractivity contribution in [3.05, 3.63) is 57.0 Å². The molecule has 0 bridgehead atoms. The first-order chi connectivity index (χ1) is 13.2. The molecular formula is C16H13F2N3O5S2. The molecule has 0 aliphatic heterocycles. The van der Waals surface area contributed by atoms with Crippen molar-refractivity contribution in [2.24, 2.45) is 0 Å². The minimum Gasteiger partial charge on any atom is -0.456 e. The van der Waals surface area contributed by atoms with Gasteiger partial charge >= 0.3 is 11.7 Å². The molecule has 12 heteroatoms. The second-order valence-corrected chi connectivity index (χ2v) is 8.49. The van der Waals surface area contributed by atoms with Crippen LogP contribution in [0.5, 0.6) is 0 Å². The number of fused-ring (bicyclic) bond motifs is 1. The van der Waals surface area contributed by atoms with Crippen LogP contribution in [0.25, 0.3) is 4.96 Å². The molecule has 0 aliphatic carbocycles. The first-order valence-corrected chi connectivity index (χ1v) is 10.3. The Kier molecular flexibility index (Phi) is 5.52. The fraction of sp³-hybridized carbons (Fsp3) is 0.250. The molecule has 0 spiro atoms. The number of sulfone groups is 1. The number of carbonyl (C=O) groups excluding carboxylic acids is 1. The molecule has 2 heterocycles. The summed E-state index contributed by atoms with van der Waals surface area (Å²) in [6.07, 6.45) is 0.648. The zero-order valence-corrected chi connectivity index (χ0v) is 16.0. The van der Waals surface area contributed by atoms with Gasteiger partial charge in [-0.2, -0.15) is 18.4 Å². The van der Waals surface area contributed by atoms with Gasteiger partial charge in [0.15, 0.2) is 0 Å². The van der Waals surface area contributed by atoms with Crippen molar-refractivity contribution in [3.8, 4) is 0 Å². The van der Waals surface area contributed by atoms with E-state index in [-0.39, 0.29) is 17.9 Å². The predicted molar refractivity (Wildman–Crippen MR) is 95.3 cm³/mol. The van der Waals surface area contributed by atoms with Crippen LogP contribution in [0, 0.1) is 0 Å². The highest BCUT2D eigenvalue weighted by atomic mass is 32.2. The Morgan fingerprint density at radius 1 is 1.29 bits per heavy atom. The smallest absolute Gasteiger partial charge is 0.341 e. The highest BCUT2D eigenvalue weighted by Gasteiger charge is 2.26. The molecule has 0 N–H and O–H groups in total. The molecule has 0 atom stereocenters. The minimum atomic E-state index is -4.74. The normalized spacial score (nSPS) is 11.9. The van der Waals surface area contributed by atoms with Gasteiger partial charge in [0, 0.05) is 6.07 Å². The van der Waals surface area contributed by atoms with Crippen LogP contribution >= 0.6 is 11.3 Å². The third kappa shape index (κ3) is 3.92. The van der Waals surface area contributed by atoms with Crippen LogP contribution in [0.3, 0.4) is 0 Å². The van der Waals surface area contributed by atoms with Gasteiger partial charge in [0.25, 0.3) is 5.56 Å². The fourth-order valence-electron chi connectivity index (χ4n) is 2.22. The van der Waals surface area contributed by atoms with Gasteiger partial charge in [-0.1, -0.05) is 18.3 Å². The standard InChI is InChI=1S/C16H13F2N3O5S2/c1-2-12-20-21-13(22)7-10(19-16(21)27-12)8-26-14(23)9-3-5-11(6-4-9)28(24,25)15(17)18/h3-7,15H,2,8H2,1H3. The van der Waals surface area contributed by atoms with Crippen molar-refractivity contribution in [1.29, 1.82) is 0 Å². The van der Waals surface area contributed by atoms with E-state index in [1.54, 1.807) is 0 Å². The van der Waals surface area contributed by atoms with Gasteiger partial charge in [-0.05, 0) is 30.7 Å². The predicted octanol–water partition coefficient (Wildman–Crippen LogP) is 2.07. The Bertz CT molecular complexity index is 1190. The van der Waals surface area contributed by atoms with Gasteiger partial charge in [0.2, 0.25) is 14.8 Å². The molecule has 28 heavy (non-hydrogen) atoms. The van der Waals surface area contributed by atoms with E-state index in [4.69, 9.17) is 4.74 Å². The van der Waals surface area contributed by atoms with Gasteiger partial charge < -0.3 is 4.74 Å². The Hall–Kier alpha value is -2.73. The lowest BCUT2D eigenvalue weighted by atomic mass is 10.2. The summed E-state index contributed by atoms with van der Waals surface area (Å²) in [6, 6.07) is 5.13. The number of hydrogen-bond acceptors (Lipinski definition) is 8. The first-order valence-electron chi connectivity index (χ1n) is 7.90. The number of rotatable bonds is 6. The van der Waals surface area contributed by atoms with Crippen LogP contribution in [0.1, 0.15) is 28.0 Å². The van der Waals surface area contributed by atoms with Crippen LogP contribution in [0.15, 0.2) is 40.0 Å². The average Bonchev–Trinajstić information content (AvgIpc) is 3.10. The van der Waals surface area contributed by atoms with Gasteiger partial charge in [0.05, 0.1) is 16.2 Å². The largest absolute Gasteiger partial charge is 0.456 e. The number of ether oxygens (including phenoxy) is 1. The minimum absolute atomic E-state index is 0.0305. The van der Waals surface area contributed by atoms with Crippen LogP contribution in [-0.2, 0) is 27.6 Å². The second kappa shape index (κ2) is 7.72. The number of hydrogen-bond donors (Lipinski definition) is 0. The van der Waals surface area contributed by atoms with E-state index in [0.29, 0.717) is 11.4 Å². The third-order valence-corrected chi connectivity index (χ3v) is 6.10. The maximum atomic E-state index is 12.5. The molecule has 3 aromatic rings. The Morgan fingerprint density at radius 3 is 2.57 bits per heavy atom. The highest BCUT2D eigenvalue weighted by molar-refractivity contribution is 7.91. The fourth-order valence-corrected chi connectivity index (χ4v) is 3.80. The SMILES string of the molecule is CCc1nn2c(=O)cc(COC(=O)c3ccc(S(=O)(=O)C(F)F)cc3)nc2s1. The van der Waals surface area contributed by atoms with E-state index >= 15 is 0 Å². The molecule has 3 rings (SSSR count). The van der Waals surface area contributed by atoms with Gasteiger partial charge in [-0.3, -0.25) is 4.79 Å². The summed E-state index contributed by atoms with van der Waals surface area (Å²) in [4.78, 5) is 28.1. The zero-order valence-electron chi connectivity index (χ0n) is 14.3. The maximum Gasteiger partial charge on any atom is 0.341 e. The van der Waals surface area contributed by atoms with E-state index in [1.807, 2.05) is 6.92 Å². The maximum absolute atomic E-state index is 12.5. The molecule has 2 aromatic heterocycles. The quantitative estimate of drug-likeness (QED) is 0.552.